The van der Waals surface area contributed by atoms with Crippen molar-refractivity contribution in [3.05, 3.63) is 66.4 Å². The van der Waals surface area contributed by atoms with Gasteiger partial charge in [-0.3, -0.25) is 14.8 Å². The number of nitrogens with zero attached hydrogens (tertiary/aromatic N) is 5. The zero-order valence-corrected chi connectivity index (χ0v) is 20.7. The number of rotatable bonds is 5. The topological polar surface area (TPSA) is 125 Å². The molecule has 2 unspecified atom stereocenters. The first kappa shape index (κ1) is 23.1. The van der Waals surface area contributed by atoms with Gasteiger partial charge in [0.15, 0.2) is 5.82 Å². The van der Waals surface area contributed by atoms with E-state index in [2.05, 4.69) is 37.3 Å². The number of hydrazone groups is 1. The molecule has 10 heteroatoms. The lowest BCUT2D eigenvalue weighted by Crippen LogP contribution is -2.29. The molecule has 0 bridgehead atoms. The molecule has 1 saturated carbocycles. The molecule has 4 aromatic rings. The van der Waals surface area contributed by atoms with Crippen LogP contribution in [-0.2, 0) is 4.79 Å². The first-order valence-corrected chi connectivity index (χ1v) is 12.1. The molecule has 4 heterocycles. The zero-order valence-electron chi connectivity index (χ0n) is 20.7. The highest BCUT2D eigenvalue weighted by atomic mass is 19.1. The number of aromatic amines is 1. The van der Waals surface area contributed by atoms with Crippen LogP contribution in [0.1, 0.15) is 24.1 Å². The average molecular weight is 499 g/mol. The van der Waals surface area contributed by atoms with Crippen molar-refractivity contribution < 1.29 is 9.18 Å². The van der Waals surface area contributed by atoms with Gasteiger partial charge in [-0.2, -0.15) is 5.10 Å². The number of carbonyl (C=O) groups is 1. The minimum Gasteiger partial charge on any atom is -0.396 e. The van der Waals surface area contributed by atoms with Crippen molar-refractivity contribution in [2.24, 2.45) is 22.4 Å². The van der Waals surface area contributed by atoms with Crippen molar-refractivity contribution in [1.82, 2.24) is 24.9 Å². The van der Waals surface area contributed by atoms with Gasteiger partial charge in [-0.05, 0) is 42.0 Å². The summed E-state index contributed by atoms with van der Waals surface area (Å²) in [5, 5.41) is 10.5. The Morgan fingerprint density at radius 1 is 1.24 bits per heavy atom. The van der Waals surface area contributed by atoms with Crippen LogP contribution in [0.4, 0.5) is 15.9 Å². The van der Waals surface area contributed by atoms with Crippen LogP contribution in [0.2, 0.25) is 0 Å². The molecule has 6 rings (SSSR count). The Bertz CT molecular complexity index is 1550. The second kappa shape index (κ2) is 8.36. The summed E-state index contributed by atoms with van der Waals surface area (Å²) in [6, 6.07) is 5.28. The number of aromatic nitrogens is 4. The summed E-state index contributed by atoms with van der Waals surface area (Å²) in [6.45, 7) is 4.76. The zero-order chi connectivity index (χ0) is 25.9. The Balaban J connectivity index is 1.32. The summed E-state index contributed by atoms with van der Waals surface area (Å²) in [5.74, 6) is -0.467. The molecule has 1 fully saturated rings. The summed E-state index contributed by atoms with van der Waals surface area (Å²) in [4.78, 5) is 29.4. The Kier molecular flexibility index (Phi) is 5.22. The van der Waals surface area contributed by atoms with Gasteiger partial charge < -0.3 is 16.0 Å². The second-order valence-electron chi connectivity index (χ2n) is 10.3. The van der Waals surface area contributed by atoms with Gasteiger partial charge in [0.05, 0.1) is 17.9 Å². The molecule has 1 amide bonds. The maximum atomic E-state index is 15.2. The molecule has 0 spiro atoms. The van der Waals surface area contributed by atoms with Crippen molar-refractivity contribution in [1.29, 1.82) is 0 Å². The summed E-state index contributed by atoms with van der Waals surface area (Å²) >= 11 is 0. The Hall–Kier alpha value is -4.34. The number of hydrogen-bond donors (Lipinski definition) is 3. The Labute approximate surface area is 213 Å². The molecule has 2 aliphatic rings. The fourth-order valence-corrected chi connectivity index (χ4v) is 5.81. The maximum absolute atomic E-state index is 15.2. The van der Waals surface area contributed by atoms with E-state index in [9.17, 15) is 4.79 Å². The van der Waals surface area contributed by atoms with Crippen LogP contribution < -0.4 is 11.1 Å². The van der Waals surface area contributed by atoms with Gasteiger partial charge >= 0.3 is 0 Å². The lowest BCUT2D eigenvalue weighted by molar-refractivity contribution is -0.118. The standard InChI is InChI=1S/C27H27FN8O/c1-14-4-5-30-8-17(14)16-6-15-7-20(32-9-18(15)25(29)24(16)28)35-26(37)22-21(19-10-31-13-33-19)23(22)27(2)11-34-36(3)12-27/h4-11,13,21-23H,12,29H2,1-3H3,(H,31,33)(H,32,35,37)/t21?,22-,23-,27?/m1/s1. The third-order valence-corrected chi connectivity index (χ3v) is 7.66. The number of H-pyrrole nitrogens is 1. The number of imidazole rings is 1. The molecule has 1 aromatic carbocycles. The summed E-state index contributed by atoms with van der Waals surface area (Å²) in [6.07, 6.45) is 10.1. The van der Waals surface area contributed by atoms with Crippen molar-refractivity contribution >= 4 is 34.4 Å². The first-order chi connectivity index (χ1) is 17.8. The SMILES string of the molecule is Cc1ccncc1-c1cc2cc(NC(=O)[C@@H]3C(c4cnc[nH]4)[C@H]3C3(C)C=NN(C)C3)ncc2c(N)c1F. The number of nitrogens with one attached hydrogen (secondary N) is 2. The molecule has 3 aromatic heterocycles. The van der Waals surface area contributed by atoms with E-state index in [4.69, 9.17) is 5.73 Å². The monoisotopic (exact) mass is 498 g/mol. The number of benzene rings is 1. The molecular weight excluding hydrogens is 471 g/mol. The van der Waals surface area contributed by atoms with E-state index in [0.717, 1.165) is 17.8 Å². The normalized spacial score (nSPS) is 24.5. The second-order valence-corrected chi connectivity index (χ2v) is 10.3. The smallest absolute Gasteiger partial charge is 0.229 e. The molecular formula is C27H27FN8O. The lowest BCUT2D eigenvalue weighted by Gasteiger charge is -2.22. The number of pyridine rings is 2. The number of anilines is 2. The van der Waals surface area contributed by atoms with Crippen LogP contribution >= 0.6 is 0 Å². The molecule has 0 radical (unpaired) electrons. The van der Waals surface area contributed by atoms with Crippen LogP contribution in [0.15, 0.2) is 54.4 Å². The number of carbonyl (C=O) groups excluding carboxylic acids is 1. The quantitative estimate of drug-likeness (QED) is 0.358. The van der Waals surface area contributed by atoms with E-state index < -0.39 is 5.82 Å². The Morgan fingerprint density at radius 2 is 2.08 bits per heavy atom. The number of nitrogens with two attached hydrogens (primary N) is 1. The van der Waals surface area contributed by atoms with Crippen LogP contribution in [0.3, 0.4) is 0 Å². The van der Waals surface area contributed by atoms with Gasteiger partial charge in [0.25, 0.3) is 0 Å². The molecule has 37 heavy (non-hydrogen) atoms. The van der Waals surface area contributed by atoms with Crippen molar-refractivity contribution in [2.45, 2.75) is 19.8 Å². The molecule has 9 nitrogen and oxygen atoms in total. The molecule has 0 saturated heterocycles. The fraction of sp³-hybridized carbons (Fsp3) is 0.296. The molecule has 4 atom stereocenters. The number of amides is 1. The molecule has 4 N–H and O–H groups in total. The Morgan fingerprint density at radius 3 is 2.78 bits per heavy atom. The lowest BCUT2D eigenvalue weighted by atomic mass is 9.84. The van der Waals surface area contributed by atoms with E-state index >= 15 is 4.39 Å². The van der Waals surface area contributed by atoms with Crippen LogP contribution in [-0.4, -0.2) is 50.7 Å². The molecule has 1 aliphatic carbocycles. The van der Waals surface area contributed by atoms with Gasteiger partial charge in [0, 0.05) is 78.1 Å². The summed E-state index contributed by atoms with van der Waals surface area (Å²) in [5.41, 5.74) is 8.76. The largest absolute Gasteiger partial charge is 0.396 e. The highest BCUT2D eigenvalue weighted by Gasteiger charge is 2.64. The van der Waals surface area contributed by atoms with Crippen LogP contribution in [0.25, 0.3) is 21.9 Å². The molecule has 188 valence electrons. The van der Waals surface area contributed by atoms with Gasteiger partial charge in [0.1, 0.15) is 5.82 Å². The van der Waals surface area contributed by atoms with Gasteiger partial charge in [-0.25, -0.2) is 14.4 Å². The maximum Gasteiger partial charge on any atom is 0.229 e. The van der Waals surface area contributed by atoms with E-state index in [1.165, 1.54) is 6.20 Å². The van der Waals surface area contributed by atoms with E-state index in [1.807, 2.05) is 31.3 Å². The van der Waals surface area contributed by atoms with Crippen LogP contribution in [0.5, 0.6) is 0 Å². The summed E-state index contributed by atoms with van der Waals surface area (Å²) < 4.78 is 15.2. The van der Waals surface area contributed by atoms with E-state index in [1.54, 1.807) is 37.1 Å². The van der Waals surface area contributed by atoms with Crippen molar-refractivity contribution in [2.75, 3.05) is 24.6 Å². The average Bonchev–Trinajstić information content (AvgIpc) is 3.20. The van der Waals surface area contributed by atoms with Gasteiger partial charge in [-0.15, -0.1) is 0 Å². The number of hydrogen-bond acceptors (Lipinski definition) is 7. The van der Waals surface area contributed by atoms with Crippen molar-refractivity contribution in [3.63, 3.8) is 0 Å². The number of aryl methyl sites for hydroxylation is 1. The number of nitrogen functional groups attached to an aromatic ring is 1. The summed E-state index contributed by atoms with van der Waals surface area (Å²) in [7, 11) is 1.93. The van der Waals surface area contributed by atoms with Gasteiger partial charge in [0.2, 0.25) is 5.91 Å². The first-order valence-electron chi connectivity index (χ1n) is 12.1. The third kappa shape index (κ3) is 3.80. The number of halogens is 1. The van der Waals surface area contributed by atoms with Gasteiger partial charge in [-0.1, -0.05) is 6.92 Å². The fourth-order valence-electron chi connectivity index (χ4n) is 5.81. The third-order valence-electron chi connectivity index (χ3n) is 7.66. The van der Waals surface area contributed by atoms with Crippen molar-refractivity contribution in [3.8, 4) is 11.1 Å². The van der Waals surface area contributed by atoms with E-state index in [0.29, 0.717) is 27.7 Å². The predicted molar refractivity (Wildman–Crippen MR) is 140 cm³/mol. The van der Waals surface area contributed by atoms with E-state index in [-0.39, 0.29) is 34.8 Å². The highest BCUT2D eigenvalue weighted by molar-refractivity contribution is 6.01. The predicted octanol–water partition coefficient (Wildman–Crippen LogP) is 3.96. The van der Waals surface area contributed by atoms with Crippen LogP contribution in [0, 0.1) is 30.0 Å². The number of fused-ring (bicyclic) bond motifs is 1. The molecule has 1 aliphatic heterocycles. The minimum absolute atomic E-state index is 0.00388. The minimum atomic E-state index is -0.512. The highest BCUT2D eigenvalue weighted by Crippen LogP contribution is 2.62.